The minimum absolute atomic E-state index is 0.0988. The van der Waals surface area contributed by atoms with Crippen molar-refractivity contribution in [1.29, 1.82) is 0 Å². The normalized spacial score (nSPS) is 14.7. The summed E-state index contributed by atoms with van der Waals surface area (Å²) >= 11 is 1.47. The molecule has 3 heterocycles. The van der Waals surface area contributed by atoms with E-state index in [1.807, 2.05) is 26.0 Å². The summed E-state index contributed by atoms with van der Waals surface area (Å²) in [5.41, 5.74) is 1.39. The first-order chi connectivity index (χ1) is 14.0. The second kappa shape index (κ2) is 9.75. The number of aromatic nitrogens is 3. The lowest BCUT2D eigenvalue weighted by molar-refractivity contribution is 0.0864. The molecule has 1 fully saturated rings. The highest BCUT2D eigenvalue weighted by atomic mass is 32.2. The largest absolute Gasteiger partial charge is 0.474 e. The monoisotopic (exact) mass is 420 g/mol. The molecule has 0 saturated carbocycles. The van der Waals surface area contributed by atoms with E-state index in [0.29, 0.717) is 54.8 Å². The van der Waals surface area contributed by atoms with Gasteiger partial charge in [-0.3, -0.25) is 0 Å². The SMILES string of the molecule is Cc1nc(SCCO)ccc1Oc1ncnc(OC2CCN(C(=O)O)CC2)c1C. The summed E-state index contributed by atoms with van der Waals surface area (Å²) in [6, 6.07) is 3.67. The standard InChI is InChI=1S/C19H24N4O5S/c1-12-17(27-14-5-7-23(8-6-14)19(25)26)20-11-21-18(12)28-15-3-4-16(22-13(15)2)29-10-9-24/h3-4,11,14,24H,5-10H2,1-2H3,(H,25,26). The second-order valence-corrected chi connectivity index (χ2v) is 7.72. The number of piperidine rings is 1. The van der Waals surface area contributed by atoms with Crippen LogP contribution in [-0.4, -0.2) is 67.7 Å². The number of carboxylic acid groups (broad SMARTS) is 1. The zero-order valence-corrected chi connectivity index (χ0v) is 17.2. The molecular formula is C19H24N4O5S. The zero-order valence-electron chi connectivity index (χ0n) is 16.4. The van der Waals surface area contributed by atoms with Crippen LogP contribution in [0, 0.1) is 13.8 Å². The molecule has 0 atom stereocenters. The van der Waals surface area contributed by atoms with Gasteiger partial charge in [0.25, 0.3) is 0 Å². The number of rotatable bonds is 7. The summed E-state index contributed by atoms with van der Waals surface area (Å²) in [4.78, 5) is 25.3. The van der Waals surface area contributed by atoms with Crippen LogP contribution >= 0.6 is 11.8 Å². The van der Waals surface area contributed by atoms with Crippen molar-refractivity contribution in [2.75, 3.05) is 25.4 Å². The average Bonchev–Trinajstić information content (AvgIpc) is 2.71. The molecule has 0 radical (unpaired) electrons. The molecule has 156 valence electrons. The molecule has 0 spiro atoms. The van der Waals surface area contributed by atoms with Crippen LogP contribution in [0.25, 0.3) is 0 Å². The van der Waals surface area contributed by atoms with E-state index in [-0.39, 0.29) is 12.7 Å². The molecular weight excluding hydrogens is 396 g/mol. The number of amides is 1. The van der Waals surface area contributed by atoms with Gasteiger partial charge >= 0.3 is 6.09 Å². The lowest BCUT2D eigenvalue weighted by atomic mass is 10.1. The molecule has 2 N–H and O–H groups in total. The van der Waals surface area contributed by atoms with Gasteiger partial charge < -0.3 is 24.6 Å². The Morgan fingerprint density at radius 1 is 1.24 bits per heavy atom. The number of nitrogens with zero attached hydrogens (tertiary/aromatic N) is 4. The van der Waals surface area contributed by atoms with Gasteiger partial charge in [-0.2, -0.15) is 0 Å². The lowest BCUT2D eigenvalue weighted by Crippen LogP contribution is -2.41. The van der Waals surface area contributed by atoms with E-state index in [0.717, 1.165) is 10.7 Å². The van der Waals surface area contributed by atoms with Crippen molar-refractivity contribution in [3.8, 4) is 17.5 Å². The van der Waals surface area contributed by atoms with E-state index < -0.39 is 6.09 Å². The minimum Gasteiger partial charge on any atom is -0.474 e. The van der Waals surface area contributed by atoms with Crippen LogP contribution in [0.3, 0.4) is 0 Å². The van der Waals surface area contributed by atoms with Gasteiger partial charge in [0.1, 0.15) is 12.4 Å². The number of aliphatic hydroxyl groups is 1. The van der Waals surface area contributed by atoms with Gasteiger partial charge in [0, 0.05) is 31.7 Å². The second-order valence-electron chi connectivity index (χ2n) is 6.60. The molecule has 0 aromatic carbocycles. The van der Waals surface area contributed by atoms with Crippen LogP contribution in [0.5, 0.6) is 17.5 Å². The van der Waals surface area contributed by atoms with Crippen LogP contribution in [0.1, 0.15) is 24.1 Å². The third-order valence-electron chi connectivity index (χ3n) is 4.54. The van der Waals surface area contributed by atoms with E-state index in [4.69, 9.17) is 19.7 Å². The van der Waals surface area contributed by atoms with Crippen LogP contribution in [0.2, 0.25) is 0 Å². The van der Waals surface area contributed by atoms with Gasteiger partial charge in [-0.25, -0.2) is 19.7 Å². The molecule has 1 saturated heterocycles. The predicted molar refractivity (Wildman–Crippen MR) is 107 cm³/mol. The Morgan fingerprint density at radius 3 is 2.62 bits per heavy atom. The first-order valence-electron chi connectivity index (χ1n) is 9.33. The maximum absolute atomic E-state index is 11.0. The summed E-state index contributed by atoms with van der Waals surface area (Å²) < 4.78 is 11.9. The molecule has 3 rings (SSSR count). The number of ether oxygens (including phenoxy) is 2. The fourth-order valence-electron chi connectivity index (χ4n) is 2.93. The maximum atomic E-state index is 11.0. The zero-order chi connectivity index (χ0) is 20.8. The van der Waals surface area contributed by atoms with E-state index in [1.165, 1.54) is 23.0 Å². The van der Waals surface area contributed by atoms with Crippen molar-refractivity contribution < 1.29 is 24.5 Å². The summed E-state index contributed by atoms with van der Waals surface area (Å²) in [5, 5.41) is 18.8. The van der Waals surface area contributed by atoms with Crippen LogP contribution < -0.4 is 9.47 Å². The Morgan fingerprint density at radius 2 is 1.97 bits per heavy atom. The van der Waals surface area contributed by atoms with Crippen molar-refractivity contribution in [2.24, 2.45) is 0 Å². The third-order valence-corrected chi connectivity index (χ3v) is 5.45. The molecule has 0 aliphatic carbocycles. The van der Waals surface area contributed by atoms with Gasteiger partial charge in [-0.15, -0.1) is 11.8 Å². The highest BCUT2D eigenvalue weighted by Crippen LogP contribution is 2.31. The van der Waals surface area contributed by atoms with Crippen molar-refractivity contribution in [1.82, 2.24) is 19.9 Å². The van der Waals surface area contributed by atoms with E-state index in [1.54, 1.807) is 0 Å². The molecule has 9 nitrogen and oxygen atoms in total. The minimum atomic E-state index is -0.901. The fraction of sp³-hybridized carbons (Fsp3) is 0.474. The highest BCUT2D eigenvalue weighted by Gasteiger charge is 2.25. The summed E-state index contributed by atoms with van der Waals surface area (Å²) in [5.74, 6) is 1.99. The molecule has 2 aromatic rings. The molecule has 1 amide bonds. The summed E-state index contributed by atoms with van der Waals surface area (Å²) in [6.45, 7) is 4.66. The molecule has 1 aliphatic heterocycles. The van der Waals surface area contributed by atoms with Gasteiger partial charge in [0.15, 0.2) is 5.75 Å². The number of thioether (sulfide) groups is 1. The Labute approximate surface area is 173 Å². The van der Waals surface area contributed by atoms with Crippen LogP contribution in [0.4, 0.5) is 4.79 Å². The average molecular weight is 420 g/mol. The van der Waals surface area contributed by atoms with Crippen molar-refractivity contribution in [3.05, 3.63) is 29.7 Å². The van der Waals surface area contributed by atoms with Gasteiger partial charge in [-0.1, -0.05) is 0 Å². The van der Waals surface area contributed by atoms with Crippen molar-refractivity contribution >= 4 is 17.9 Å². The van der Waals surface area contributed by atoms with Gasteiger partial charge in [-0.05, 0) is 26.0 Å². The van der Waals surface area contributed by atoms with E-state index >= 15 is 0 Å². The number of likely N-dealkylation sites (tertiary alicyclic amines) is 1. The number of aryl methyl sites for hydroxylation is 1. The third kappa shape index (κ3) is 5.48. The van der Waals surface area contributed by atoms with Gasteiger partial charge in [0.2, 0.25) is 11.8 Å². The van der Waals surface area contributed by atoms with Crippen molar-refractivity contribution in [2.45, 2.75) is 37.8 Å². The number of hydrogen-bond donors (Lipinski definition) is 2. The first-order valence-corrected chi connectivity index (χ1v) is 10.3. The fourth-order valence-corrected chi connectivity index (χ4v) is 3.60. The van der Waals surface area contributed by atoms with Crippen molar-refractivity contribution in [3.63, 3.8) is 0 Å². The quantitative estimate of drug-likeness (QED) is 0.652. The number of hydrogen-bond acceptors (Lipinski definition) is 8. The van der Waals surface area contributed by atoms with Crippen LogP contribution in [-0.2, 0) is 0 Å². The molecule has 1 aliphatic rings. The Hall–Kier alpha value is -2.59. The molecule has 0 unspecified atom stereocenters. The highest BCUT2D eigenvalue weighted by molar-refractivity contribution is 7.99. The molecule has 2 aromatic heterocycles. The number of carbonyl (C=O) groups is 1. The topological polar surface area (TPSA) is 118 Å². The summed E-state index contributed by atoms with van der Waals surface area (Å²) in [6.07, 6.45) is 1.61. The predicted octanol–water partition coefficient (Wildman–Crippen LogP) is 2.89. The van der Waals surface area contributed by atoms with E-state index in [2.05, 4.69) is 15.0 Å². The van der Waals surface area contributed by atoms with Gasteiger partial charge in [0.05, 0.1) is 22.9 Å². The molecule has 10 heteroatoms. The Balaban J connectivity index is 1.67. The Bertz CT molecular complexity index is 858. The summed E-state index contributed by atoms with van der Waals surface area (Å²) in [7, 11) is 0. The number of aliphatic hydroxyl groups excluding tert-OH is 1. The van der Waals surface area contributed by atoms with Crippen LogP contribution in [0.15, 0.2) is 23.5 Å². The number of pyridine rings is 1. The molecule has 29 heavy (non-hydrogen) atoms. The smallest absolute Gasteiger partial charge is 0.407 e. The molecule has 0 bridgehead atoms. The van der Waals surface area contributed by atoms with E-state index in [9.17, 15) is 4.79 Å². The lowest BCUT2D eigenvalue weighted by Gasteiger charge is -2.30. The maximum Gasteiger partial charge on any atom is 0.407 e. The first kappa shape index (κ1) is 21.1. The Kier molecular flexibility index (Phi) is 7.10.